The number of unbranched alkanes of at least 4 members (excludes halogenated alkanes) is 5. The lowest BCUT2D eigenvalue weighted by Gasteiger charge is -2.10. The van der Waals surface area contributed by atoms with Crippen molar-refractivity contribution in [1.29, 1.82) is 0 Å². The second-order valence-corrected chi connectivity index (χ2v) is 4.52. The fourth-order valence-electron chi connectivity index (χ4n) is 2.06. The van der Waals surface area contributed by atoms with Crippen LogP contribution in [0.2, 0.25) is 0 Å². The summed E-state index contributed by atoms with van der Waals surface area (Å²) >= 11 is 0. The second kappa shape index (κ2) is 8.81. The van der Waals surface area contributed by atoms with Crippen molar-refractivity contribution in [3.63, 3.8) is 0 Å². The second-order valence-electron chi connectivity index (χ2n) is 4.52. The molecule has 0 unspecified atom stereocenters. The minimum atomic E-state index is 0.290. The minimum Gasteiger partial charge on any atom is -0.508 e. The Morgan fingerprint density at radius 3 is 2.50 bits per heavy atom. The molecule has 0 aliphatic heterocycles. The number of aromatic hydroxyl groups is 1. The summed E-state index contributed by atoms with van der Waals surface area (Å²) in [6.07, 6.45) is 8.25. The molecule has 0 radical (unpaired) electrons. The van der Waals surface area contributed by atoms with Gasteiger partial charge < -0.3 is 9.99 Å². The van der Waals surface area contributed by atoms with E-state index in [0.717, 1.165) is 18.4 Å². The van der Waals surface area contributed by atoms with Crippen LogP contribution in [0.25, 0.3) is 0 Å². The number of phenols is 1. The van der Waals surface area contributed by atoms with Crippen molar-refractivity contribution < 1.29 is 14.9 Å². The Bertz CT molecular complexity index is 337. The average molecular weight is 252 g/mol. The van der Waals surface area contributed by atoms with Crippen LogP contribution in [0, 0.1) is 0 Å². The monoisotopic (exact) mass is 252 g/mol. The Balaban J connectivity index is 2.40. The number of phenolic OH excluding ortho intramolecular Hbond substituents is 1. The standard InChI is InChI=1S/C15H24O3/c1-3-4-5-6-7-8-10-13-14(16)11-9-12-15(13)18-17-2/h9,11-12,16H,3-8,10H2,1-2H3. The molecule has 102 valence electrons. The average Bonchev–Trinajstić information content (AvgIpc) is 2.36. The maximum Gasteiger partial charge on any atom is 0.172 e. The summed E-state index contributed by atoms with van der Waals surface area (Å²) in [6, 6.07) is 5.26. The molecule has 0 fully saturated rings. The third-order valence-corrected chi connectivity index (χ3v) is 3.06. The van der Waals surface area contributed by atoms with Crippen LogP contribution in [0.4, 0.5) is 0 Å². The highest BCUT2D eigenvalue weighted by Crippen LogP contribution is 2.29. The Morgan fingerprint density at radius 2 is 1.78 bits per heavy atom. The zero-order valence-electron chi connectivity index (χ0n) is 11.4. The predicted octanol–water partition coefficient (Wildman–Crippen LogP) is 4.24. The molecule has 1 rings (SSSR count). The molecule has 0 aliphatic carbocycles. The van der Waals surface area contributed by atoms with Gasteiger partial charge in [-0.2, -0.15) is 4.89 Å². The number of benzene rings is 1. The molecule has 0 amide bonds. The highest BCUT2D eigenvalue weighted by Gasteiger charge is 2.09. The summed E-state index contributed by atoms with van der Waals surface area (Å²) in [4.78, 5) is 9.73. The Morgan fingerprint density at radius 1 is 1.06 bits per heavy atom. The van der Waals surface area contributed by atoms with E-state index in [4.69, 9.17) is 4.89 Å². The van der Waals surface area contributed by atoms with Gasteiger partial charge in [-0.05, 0) is 25.0 Å². The molecule has 0 heterocycles. The van der Waals surface area contributed by atoms with Gasteiger partial charge in [-0.15, -0.1) is 0 Å². The van der Waals surface area contributed by atoms with Crippen LogP contribution in [-0.4, -0.2) is 12.2 Å². The summed E-state index contributed by atoms with van der Waals surface area (Å²) in [6.45, 7) is 2.22. The van der Waals surface area contributed by atoms with Gasteiger partial charge in [-0.1, -0.05) is 45.1 Å². The maximum atomic E-state index is 9.82. The van der Waals surface area contributed by atoms with E-state index < -0.39 is 0 Å². The lowest BCUT2D eigenvalue weighted by atomic mass is 10.0. The first kappa shape index (κ1) is 14.8. The van der Waals surface area contributed by atoms with E-state index in [9.17, 15) is 5.11 Å². The molecule has 3 nitrogen and oxygen atoms in total. The summed E-state index contributed by atoms with van der Waals surface area (Å²) in [5.74, 6) is 0.907. The van der Waals surface area contributed by atoms with Gasteiger partial charge >= 0.3 is 0 Å². The topological polar surface area (TPSA) is 38.7 Å². The lowest BCUT2D eigenvalue weighted by molar-refractivity contribution is -0.178. The zero-order valence-corrected chi connectivity index (χ0v) is 11.4. The zero-order chi connectivity index (χ0) is 13.2. The van der Waals surface area contributed by atoms with Gasteiger partial charge in [0.05, 0.1) is 7.11 Å². The van der Waals surface area contributed by atoms with Crippen LogP contribution in [0.15, 0.2) is 18.2 Å². The molecule has 0 saturated carbocycles. The third kappa shape index (κ3) is 4.96. The van der Waals surface area contributed by atoms with Crippen molar-refractivity contribution in [2.24, 2.45) is 0 Å². The molecule has 18 heavy (non-hydrogen) atoms. The van der Waals surface area contributed by atoms with Gasteiger partial charge in [0, 0.05) is 5.56 Å². The fraction of sp³-hybridized carbons (Fsp3) is 0.600. The van der Waals surface area contributed by atoms with Crippen LogP contribution in [0.1, 0.15) is 51.0 Å². The summed E-state index contributed by atoms with van der Waals surface area (Å²) in [5.41, 5.74) is 0.842. The van der Waals surface area contributed by atoms with Crippen molar-refractivity contribution in [2.75, 3.05) is 7.11 Å². The maximum absolute atomic E-state index is 9.82. The van der Waals surface area contributed by atoms with E-state index in [1.165, 1.54) is 39.2 Å². The molecule has 0 spiro atoms. The minimum absolute atomic E-state index is 0.290. The number of hydrogen-bond acceptors (Lipinski definition) is 3. The van der Waals surface area contributed by atoms with Gasteiger partial charge in [-0.25, -0.2) is 0 Å². The number of rotatable bonds is 9. The first-order chi connectivity index (χ1) is 8.79. The Hall–Kier alpha value is -1.22. The number of hydrogen-bond donors (Lipinski definition) is 1. The van der Waals surface area contributed by atoms with E-state index in [1.807, 2.05) is 6.07 Å². The molecular weight excluding hydrogens is 228 g/mol. The van der Waals surface area contributed by atoms with Crippen LogP contribution >= 0.6 is 0 Å². The molecule has 1 N–H and O–H groups in total. The van der Waals surface area contributed by atoms with Gasteiger partial charge in [0.15, 0.2) is 5.75 Å². The molecule has 0 aromatic heterocycles. The largest absolute Gasteiger partial charge is 0.508 e. The normalized spacial score (nSPS) is 10.6. The SMILES string of the molecule is CCCCCCCCc1c(O)cccc1OOC. The van der Waals surface area contributed by atoms with Crippen molar-refractivity contribution in [3.8, 4) is 11.5 Å². The molecule has 1 aromatic carbocycles. The van der Waals surface area contributed by atoms with E-state index in [1.54, 1.807) is 12.1 Å². The summed E-state index contributed by atoms with van der Waals surface area (Å²) in [7, 11) is 1.47. The van der Waals surface area contributed by atoms with E-state index in [-0.39, 0.29) is 5.75 Å². The van der Waals surface area contributed by atoms with E-state index >= 15 is 0 Å². The van der Waals surface area contributed by atoms with Crippen molar-refractivity contribution in [1.82, 2.24) is 0 Å². The van der Waals surface area contributed by atoms with Gasteiger partial charge in [0.25, 0.3) is 0 Å². The van der Waals surface area contributed by atoms with Crippen molar-refractivity contribution in [2.45, 2.75) is 51.9 Å². The van der Waals surface area contributed by atoms with E-state index in [0.29, 0.717) is 5.75 Å². The van der Waals surface area contributed by atoms with Gasteiger partial charge in [0.2, 0.25) is 0 Å². The molecule has 0 saturated heterocycles. The molecule has 0 atom stereocenters. The first-order valence-electron chi connectivity index (χ1n) is 6.81. The summed E-state index contributed by atoms with van der Waals surface area (Å²) in [5, 5.41) is 9.82. The van der Waals surface area contributed by atoms with Crippen LogP contribution < -0.4 is 4.89 Å². The van der Waals surface area contributed by atoms with Crippen molar-refractivity contribution >= 4 is 0 Å². The highest BCUT2D eigenvalue weighted by molar-refractivity contribution is 5.43. The van der Waals surface area contributed by atoms with Gasteiger partial charge in [-0.3, -0.25) is 0 Å². The van der Waals surface area contributed by atoms with Crippen LogP contribution in [0.3, 0.4) is 0 Å². The molecule has 0 bridgehead atoms. The molecule has 1 aromatic rings. The quantitative estimate of drug-likeness (QED) is 0.406. The Kier molecular flexibility index (Phi) is 7.26. The van der Waals surface area contributed by atoms with Gasteiger partial charge in [0.1, 0.15) is 5.75 Å². The highest BCUT2D eigenvalue weighted by atomic mass is 17.2. The van der Waals surface area contributed by atoms with Crippen molar-refractivity contribution in [3.05, 3.63) is 23.8 Å². The van der Waals surface area contributed by atoms with Crippen LogP contribution in [-0.2, 0) is 11.3 Å². The first-order valence-corrected chi connectivity index (χ1v) is 6.81. The Labute approximate surface area is 110 Å². The lowest BCUT2D eigenvalue weighted by Crippen LogP contribution is -1.96. The smallest absolute Gasteiger partial charge is 0.172 e. The predicted molar refractivity (Wildman–Crippen MR) is 72.8 cm³/mol. The molecule has 0 aliphatic rings. The molecular formula is C15H24O3. The van der Waals surface area contributed by atoms with Crippen LogP contribution in [0.5, 0.6) is 11.5 Å². The molecule has 3 heteroatoms. The fourth-order valence-corrected chi connectivity index (χ4v) is 2.06. The summed E-state index contributed by atoms with van der Waals surface area (Å²) < 4.78 is 0. The van der Waals surface area contributed by atoms with E-state index in [2.05, 4.69) is 11.8 Å². The third-order valence-electron chi connectivity index (χ3n) is 3.06.